The molecule has 0 radical (unpaired) electrons. The summed E-state index contributed by atoms with van der Waals surface area (Å²) in [5.41, 5.74) is 1.92. The van der Waals surface area contributed by atoms with E-state index in [1.54, 1.807) is 6.92 Å². The second kappa shape index (κ2) is 5.05. The van der Waals surface area contributed by atoms with Crippen LogP contribution in [-0.4, -0.2) is 23.2 Å². The maximum Gasteiger partial charge on any atom is 0.0931 e. The SMILES string of the molecule is CC1CCN(c2ccc([C@H](C)O)nc2)CC1C. The summed E-state index contributed by atoms with van der Waals surface area (Å²) in [6.07, 6.45) is 2.65. The largest absolute Gasteiger partial charge is 0.387 e. The van der Waals surface area contributed by atoms with Crippen molar-refractivity contribution in [2.75, 3.05) is 18.0 Å². The van der Waals surface area contributed by atoms with Crippen molar-refractivity contribution in [1.29, 1.82) is 0 Å². The number of hydrogen-bond acceptors (Lipinski definition) is 3. The standard InChI is InChI=1S/C14H22N2O/c1-10-6-7-16(9-11(10)2)13-4-5-14(12(3)17)15-8-13/h4-5,8,10-12,17H,6-7,9H2,1-3H3/t10?,11?,12-/m0/s1. The molecule has 0 bridgehead atoms. The minimum absolute atomic E-state index is 0.482. The van der Waals surface area contributed by atoms with E-state index in [0.29, 0.717) is 0 Å². The Morgan fingerprint density at radius 2 is 2.12 bits per heavy atom. The second-order valence-corrected chi connectivity index (χ2v) is 5.31. The average molecular weight is 234 g/mol. The molecule has 1 aliphatic heterocycles. The summed E-state index contributed by atoms with van der Waals surface area (Å²) in [7, 11) is 0. The van der Waals surface area contributed by atoms with Crippen LogP contribution in [0.1, 0.15) is 39.0 Å². The zero-order chi connectivity index (χ0) is 12.4. The molecule has 0 saturated carbocycles. The summed E-state index contributed by atoms with van der Waals surface area (Å²) in [6.45, 7) is 8.61. The predicted octanol–water partition coefficient (Wildman–Crippen LogP) is 2.62. The Morgan fingerprint density at radius 1 is 1.35 bits per heavy atom. The predicted molar refractivity (Wildman–Crippen MR) is 70.0 cm³/mol. The number of pyridine rings is 1. The molecule has 2 rings (SSSR count). The number of aliphatic hydroxyl groups excluding tert-OH is 1. The number of aromatic nitrogens is 1. The van der Waals surface area contributed by atoms with Crippen molar-refractivity contribution in [1.82, 2.24) is 4.98 Å². The number of rotatable bonds is 2. The highest BCUT2D eigenvalue weighted by molar-refractivity contribution is 5.45. The van der Waals surface area contributed by atoms with Crippen molar-refractivity contribution < 1.29 is 5.11 Å². The third-order valence-electron chi connectivity index (χ3n) is 3.90. The summed E-state index contributed by atoms with van der Waals surface area (Å²) in [6, 6.07) is 3.99. The number of anilines is 1. The van der Waals surface area contributed by atoms with Crippen LogP contribution < -0.4 is 4.90 Å². The molecule has 0 spiro atoms. The van der Waals surface area contributed by atoms with Crippen molar-refractivity contribution >= 4 is 5.69 Å². The van der Waals surface area contributed by atoms with Gasteiger partial charge in [-0.25, -0.2) is 0 Å². The molecule has 94 valence electrons. The number of hydrogen-bond donors (Lipinski definition) is 1. The maximum absolute atomic E-state index is 9.43. The van der Waals surface area contributed by atoms with E-state index in [4.69, 9.17) is 0 Å². The summed E-state index contributed by atoms with van der Waals surface area (Å²) in [5, 5.41) is 9.43. The van der Waals surface area contributed by atoms with Crippen LogP contribution in [0.4, 0.5) is 5.69 Å². The molecule has 1 fully saturated rings. The van der Waals surface area contributed by atoms with Gasteiger partial charge in [-0.1, -0.05) is 13.8 Å². The third-order valence-corrected chi connectivity index (χ3v) is 3.90. The summed E-state index contributed by atoms with van der Waals surface area (Å²) < 4.78 is 0. The molecule has 1 aliphatic rings. The Hall–Kier alpha value is -1.09. The quantitative estimate of drug-likeness (QED) is 0.854. The Morgan fingerprint density at radius 3 is 2.65 bits per heavy atom. The van der Waals surface area contributed by atoms with E-state index in [0.717, 1.165) is 30.6 Å². The smallest absolute Gasteiger partial charge is 0.0931 e. The minimum atomic E-state index is -0.482. The maximum atomic E-state index is 9.43. The van der Waals surface area contributed by atoms with Gasteiger partial charge in [0.05, 0.1) is 23.7 Å². The molecule has 2 heterocycles. The van der Waals surface area contributed by atoms with Gasteiger partial charge in [0.25, 0.3) is 0 Å². The van der Waals surface area contributed by atoms with Crippen molar-refractivity contribution in [2.24, 2.45) is 11.8 Å². The van der Waals surface area contributed by atoms with Crippen LogP contribution >= 0.6 is 0 Å². The van der Waals surface area contributed by atoms with Crippen LogP contribution in [-0.2, 0) is 0 Å². The molecule has 0 aliphatic carbocycles. The van der Waals surface area contributed by atoms with Gasteiger partial charge in [-0.15, -0.1) is 0 Å². The molecule has 3 nitrogen and oxygen atoms in total. The molecule has 3 heteroatoms. The van der Waals surface area contributed by atoms with E-state index in [1.807, 2.05) is 12.3 Å². The van der Waals surface area contributed by atoms with E-state index in [9.17, 15) is 5.11 Å². The van der Waals surface area contributed by atoms with Crippen molar-refractivity contribution in [3.8, 4) is 0 Å². The fourth-order valence-corrected chi connectivity index (χ4v) is 2.33. The number of nitrogens with zero attached hydrogens (tertiary/aromatic N) is 2. The Balaban J connectivity index is 2.07. The normalized spacial score (nSPS) is 26.9. The van der Waals surface area contributed by atoms with Gasteiger partial charge in [0.1, 0.15) is 0 Å². The first-order valence-electron chi connectivity index (χ1n) is 6.47. The van der Waals surface area contributed by atoms with Crippen molar-refractivity contribution in [3.63, 3.8) is 0 Å². The summed E-state index contributed by atoms with van der Waals surface area (Å²) >= 11 is 0. The zero-order valence-electron chi connectivity index (χ0n) is 10.9. The molecule has 1 saturated heterocycles. The lowest BCUT2D eigenvalue weighted by Gasteiger charge is -2.36. The van der Waals surface area contributed by atoms with Crippen LogP contribution in [0.25, 0.3) is 0 Å². The molecule has 0 amide bonds. The summed E-state index contributed by atoms with van der Waals surface area (Å²) in [4.78, 5) is 6.70. The van der Waals surface area contributed by atoms with Gasteiger partial charge < -0.3 is 10.0 Å². The average Bonchev–Trinajstić information content (AvgIpc) is 2.33. The molecule has 1 aromatic heterocycles. The second-order valence-electron chi connectivity index (χ2n) is 5.31. The molecule has 2 unspecified atom stereocenters. The first kappa shape index (κ1) is 12.4. The highest BCUT2D eigenvalue weighted by atomic mass is 16.3. The minimum Gasteiger partial charge on any atom is -0.387 e. The van der Waals surface area contributed by atoms with E-state index in [1.165, 1.54) is 12.1 Å². The van der Waals surface area contributed by atoms with Gasteiger partial charge in [0.2, 0.25) is 0 Å². The molecule has 1 N–H and O–H groups in total. The monoisotopic (exact) mass is 234 g/mol. The number of aliphatic hydroxyl groups is 1. The first-order valence-corrected chi connectivity index (χ1v) is 6.47. The lowest BCUT2D eigenvalue weighted by atomic mass is 9.88. The van der Waals surface area contributed by atoms with Gasteiger partial charge in [0, 0.05) is 13.1 Å². The molecule has 1 aromatic rings. The van der Waals surface area contributed by atoms with E-state index in [2.05, 4.69) is 29.8 Å². The van der Waals surface area contributed by atoms with E-state index in [-0.39, 0.29) is 0 Å². The van der Waals surface area contributed by atoms with Crippen LogP contribution in [0.2, 0.25) is 0 Å². The van der Waals surface area contributed by atoms with E-state index >= 15 is 0 Å². The topological polar surface area (TPSA) is 36.4 Å². The van der Waals surface area contributed by atoms with Gasteiger partial charge in [0.15, 0.2) is 0 Å². The lowest BCUT2D eigenvalue weighted by Crippen LogP contribution is -2.38. The molecule has 3 atom stereocenters. The fraction of sp³-hybridized carbons (Fsp3) is 0.643. The first-order chi connectivity index (χ1) is 8.08. The van der Waals surface area contributed by atoms with Gasteiger partial charge in [-0.3, -0.25) is 4.98 Å². The van der Waals surface area contributed by atoms with Gasteiger partial charge in [-0.2, -0.15) is 0 Å². The Bertz CT molecular complexity index is 361. The van der Waals surface area contributed by atoms with E-state index < -0.39 is 6.10 Å². The van der Waals surface area contributed by atoms with Crippen molar-refractivity contribution in [2.45, 2.75) is 33.3 Å². The van der Waals surface area contributed by atoms with Gasteiger partial charge in [-0.05, 0) is 37.3 Å². The lowest BCUT2D eigenvalue weighted by molar-refractivity contribution is 0.194. The van der Waals surface area contributed by atoms with Crippen molar-refractivity contribution in [3.05, 3.63) is 24.0 Å². The van der Waals surface area contributed by atoms with Crippen LogP contribution in [0.5, 0.6) is 0 Å². The van der Waals surface area contributed by atoms with Crippen LogP contribution in [0.15, 0.2) is 18.3 Å². The Kier molecular flexibility index (Phi) is 3.67. The highest BCUT2D eigenvalue weighted by Crippen LogP contribution is 2.26. The zero-order valence-corrected chi connectivity index (χ0v) is 10.9. The molecule has 0 aromatic carbocycles. The highest BCUT2D eigenvalue weighted by Gasteiger charge is 2.22. The summed E-state index contributed by atoms with van der Waals surface area (Å²) in [5.74, 6) is 1.55. The van der Waals surface area contributed by atoms with Crippen LogP contribution in [0, 0.1) is 11.8 Å². The van der Waals surface area contributed by atoms with Gasteiger partial charge >= 0.3 is 0 Å². The molecular formula is C14H22N2O. The van der Waals surface area contributed by atoms with Crippen LogP contribution in [0.3, 0.4) is 0 Å². The molecule has 17 heavy (non-hydrogen) atoms. The Labute approximate surface area is 103 Å². The fourth-order valence-electron chi connectivity index (χ4n) is 2.33. The third kappa shape index (κ3) is 2.78. The number of piperidine rings is 1. The molecular weight excluding hydrogens is 212 g/mol.